The summed E-state index contributed by atoms with van der Waals surface area (Å²) in [6.07, 6.45) is 0.351. The maximum Gasteiger partial charge on any atom is 0.410 e. The Bertz CT molecular complexity index is 1340. The van der Waals surface area contributed by atoms with Crippen molar-refractivity contribution < 1.29 is 52.2 Å². The Balaban J connectivity index is 1.33. The molecule has 0 fully saturated rings. The highest BCUT2D eigenvalue weighted by molar-refractivity contribution is 5.76. The van der Waals surface area contributed by atoms with Crippen molar-refractivity contribution in [3.63, 3.8) is 0 Å². The third kappa shape index (κ3) is 15.0. The van der Waals surface area contributed by atoms with Crippen LogP contribution in [0.3, 0.4) is 0 Å². The van der Waals surface area contributed by atoms with E-state index in [0.717, 1.165) is 17.4 Å². The van der Waals surface area contributed by atoms with Gasteiger partial charge < -0.3 is 42.6 Å². The molecule has 6 rings (SSSR count). The van der Waals surface area contributed by atoms with Crippen LogP contribution in [0.5, 0.6) is 23.0 Å². The molecule has 0 saturated carbocycles. The van der Waals surface area contributed by atoms with Crippen LogP contribution in [-0.4, -0.2) is 102 Å². The second-order valence-electron chi connectivity index (χ2n) is 12.3. The van der Waals surface area contributed by atoms with Crippen LogP contribution < -0.4 is 18.9 Å². The van der Waals surface area contributed by atoms with E-state index in [1.165, 1.54) is 0 Å². The molecule has 50 heavy (non-hydrogen) atoms. The number of carbonyl (C=O) groups excluding carboxylic acids is 2. The molecule has 0 radical (unpaired) electrons. The van der Waals surface area contributed by atoms with Gasteiger partial charge in [0, 0.05) is 24.7 Å². The average molecular weight is 696 g/mol. The predicted octanol–water partition coefficient (Wildman–Crippen LogP) is 5.73. The Kier molecular flexibility index (Phi) is 16.1. The second kappa shape index (κ2) is 21.0. The quantitative estimate of drug-likeness (QED) is 0.290. The van der Waals surface area contributed by atoms with Crippen molar-refractivity contribution in [1.29, 1.82) is 0 Å². The molecule has 0 N–H and O–H groups in total. The lowest BCUT2D eigenvalue weighted by atomic mass is 10.1. The van der Waals surface area contributed by atoms with Crippen molar-refractivity contribution in [2.24, 2.45) is 0 Å². The number of amides is 1. The minimum atomic E-state index is -0.626. The van der Waals surface area contributed by atoms with E-state index in [2.05, 4.69) is 0 Å². The Morgan fingerprint density at radius 1 is 0.560 bits per heavy atom. The van der Waals surface area contributed by atoms with Crippen molar-refractivity contribution in [2.45, 2.75) is 39.5 Å². The predicted molar refractivity (Wildman–Crippen MR) is 185 cm³/mol. The van der Waals surface area contributed by atoms with Crippen LogP contribution in [0.1, 0.15) is 42.3 Å². The van der Waals surface area contributed by atoms with E-state index in [4.69, 9.17) is 42.6 Å². The van der Waals surface area contributed by atoms with Crippen molar-refractivity contribution in [2.75, 3.05) is 79.3 Å². The van der Waals surface area contributed by atoms with Gasteiger partial charge in [0.15, 0.2) is 0 Å². The molecule has 272 valence electrons. The molecule has 6 bridgehead atoms. The molecule has 0 aliphatic carbocycles. The Hall–Kier alpha value is -4.36. The standard InChI is InChI=1S/C38H49NO11/c1-38(2,3)50-37(41)39-27-30-4-8-33(9-5-30)46-20-16-42-12-14-44-18-22-48-35-24-32(29-40)25-36(26-35)49-23-19-45-15-13-43-17-21-47-34-10-6-31(28-39)7-11-34/h4-11,24-26,29H,12-23,27-28H2,1-3H3. The third-order valence-corrected chi connectivity index (χ3v) is 7.01. The highest BCUT2D eigenvalue weighted by atomic mass is 16.6. The second-order valence-corrected chi connectivity index (χ2v) is 12.3. The zero-order valence-corrected chi connectivity index (χ0v) is 29.3. The van der Waals surface area contributed by atoms with E-state index >= 15 is 0 Å². The lowest BCUT2D eigenvalue weighted by Gasteiger charge is -2.27. The van der Waals surface area contributed by atoms with Gasteiger partial charge in [0.1, 0.15) is 61.3 Å². The van der Waals surface area contributed by atoms with Crippen molar-refractivity contribution >= 4 is 12.4 Å². The smallest absolute Gasteiger partial charge is 0.410 e. The summed E-state index contributed by atoms with van der Waals surface area (Å²) in [5.74, 6) is 2.43. The molecular weight excluding hydrogens is 646 g/mol. The normalized spacial score (nSPS) is 16.8. The molecule has 3 aliphatic heterocycles. The topological polar surface area (TPSA) is 120 Å². The highest BCUT2D eigenvalue weighted by Crippen LogP contribution is 2.23. The molecular formula is C38H49NO11. The van der Waals surface area contributed by atoms with E-state index in [1.54, 1.807) is 23.1 Å². The van der Waals surface area contributed by atoms with E-state index in [0.29, 0.717) is 121 Å². The highest BCUT2D eigenvalue weighted by Gasteiger charge is 2.23. The van der Waals surface area contributed by atoms with Gasteiger partial charge in [-0.3, -0.25) is 9.69 Å². The summed E-state index contributed by atoms with van der Waals surface area (Å²) in [4.78, 5) is 26.2. The fourth-order valence-electron chi connectivity index (χ4n) is 4.68. The maximum atomic E-state index is 13.2. The molecule has 0 atom stereocenters. The number of hydrogen-bond acceptors (Lipinski definition) is 11. The van der Waals surface area contributed by atoms with Crippen molar-refractivity contribution in [1.82, 2.24) is 4.90 Å². The molecule has 12 heteroatoms. The first-order chi connectivity index (χ1) is 24.3. The monoisotopic (exact) mass is 695 g/mol. The first-order valence-electron chi connectivity index (χ1n) is 16.9. The molecule has 3 aliphatic rings. The number of rotatable bonds is 1. The molecule has 0 aromatic heterocycles. The molecule has 3 aromatic rings. The number of carbonyl (C=O) groups is 2. The number of nitrogens with zero attached hydrogens (tertiary/aromatic N) is 1. The van der Waals surface area contributed by atoms with Gasteiger partial charge in [0.25, 0.3) is 0 Å². The van der Waals surface area contributed by atoms with Gasteiger partial charge in [-0.15, -0.1) is 0 Å². The van der Waals surface area contributed by atoms with Crippen LogP contribution in [0.2, 0.25) is 0 Å². The summed E-state index contributed by atoms with van der Waals surface area (Å²) >= 11 is 0. The van der Waals surface area contributed by atoms with Gasteiger partial charge in [-0.25, -0.2) is 4.79 Å². The third-order valence-electron chi connectivity index (χ3n) is 7.01. The van der Waals surface area contributed by atoms with Gasteiger partial charge >= 0.3 is 6.09 Å². The van der Waals surface area contributed by atoms with E-state index in [9.17, 15) is 9.59 Å². The number of fused-ring (bicyclic) bond motifs is 2. The van der Waals surface area contributed by atoms with Crippen LogP contribution in [0.15, 0.2) is 66.7 Å². The summed E-state index contributed by atoms with van der Waals surface area (Å²) in [6, 6.07) is 20.3. The molecule has 3 heterocycles. The summed E-state index contributed by atoms with van der Waals surface area (Å²) in [5, 5.41) is 0. The fourth-order valence-corrected chi connectivity index (χ4v) is 4.68. The molecule has 12 nitrogen and oxygen atoms in total. The Labute approximate surface area is 294 Å². The van der Waals surface area contributed by atoms with Gasteiger partial charge in [-0.2, -0.15) is 0 Å². The van der Waals surface area contributed by atoms with E-state index in [-0.39, 0.29) is 0 Å². The summed E-state index contributed by atoms with van der Waals surface area (Å²) < 4.78 is 51.3. The molecule has 1 amide bonds. The van der Waals surface area contributed by atoms with Gasteiger partial charge in [-0.1, -0.05) is 24.3 Å². The maximum absolute atomic E-state index is 13.2. The van der Waals surface area contributed by atoms with E-state index in [1.807, 2.05) is 69.3 Å². The number of aldehydes is 1. The fraction of sp³-hybridized carbons (Fsp3) is 0.474. The Morgan fingerprint density at radius 3 is 1.28 bits per heavy atom. The largest absolute Gasteiger partial charge is 0.491 e. The zero-order chi connectivity index (χ0) is 35.4. The van der Waals surface area contributed by atoms with Gasteiger partial charge in [0.05, 0.1) is 52.9 Å². The molecule has 3 aromatic carbocycles. The summed E-state index contributed by atoms with van der Waals surface area (Å²) in [7, 11) is 0. The van der Waals surface area contributed by atoms with Crippen LogP contribution in [-0.2, 0) is 36.8 Å². The SMILES string of the molecule is CC(C)(C)OC(=O)N1Cc2ccc(cc2)OCCOCCOCCOc2cc(C=O)cc(c2)OCCOCCOCCOc2ccc(cc2)C1. The first-order valence-corrected chi connectivity index (χ1v) is 16.9. The number of hydrogen-bond donors (Lipinski definition) is 0. The molecule has 0 saturated heterocycles. The minimum absolute atomic E-state index is 0.302. The average Bonchev–Trinajstić information content (AvgIpc) is 3.09. The number of benzene rings is 3. The lowest BCUT2D eigenvalue weighted by Crippen LogP contribution is -2.36. The van der Waals surface area contributed by atoms with Gasteiger partial charge in [-0.05, 0) is 68.3 Å². The summed E-state index contributed by atoms with van der Waals surface area (Å²) in [6.45, 7) is 10.8. The Morgan fingerprint density at radius 2 is 0.920 bits per heavy atom. The van der Waals surface area contributed by atoms with Crippen molar-refractivity contribution in [3.05, 3.63) is 83.4 Å². The molecule has 0 spiro atoms. The van der Waals surface area contributed by atoms with E-state index < -0.39 is 11.7 Å². The molecule has 0 unspecified atom stereocenters. The van der Waals surface area contributed by atoms with Crippen molar-refractivity contribution in [3.8, 4) is 23.0 Å². The lowest BCUT2D eigenvalue weighted by molar-refractivity contribution is 0.0216. The summed E-state index contributed by atoms with van der Waals surface area (Å²) in [5.41, 5.74) is 1.70. The first kappa shape index (κ1) is 38.4. The zero-order valence-electron chi connectivity index (χ0n) is 29.3. The van der Waals surface area contributed by atoms with Crippen LogP contribution >= 0.6 is 0 Å². The van der Waals surface area contributed by atoms with Crippen LogP contribution in [0.4, 0.5) is 4.79 Å². The number of ether oxygens (including phenoxy) is 9. The van der Waals surface area contributed by atoms with Crippen LogP contribution in [0.25, 0.3) is 0 Å². The minimum Gasteiger partial charge on any atom is -0.491 e. The van der Waals surface area contributed by atoms with Crippen LogP contribution in [0, 0.1) is 0 Å². The van der Waals surface area contributed by atoms with Gasteiger partial charge in [0.2, 0.25) is 0 Å².